The van der Waals surface area contributed by atoms with Gasteiger partial charge in [-0.2, -0.15) is 0 Å². The lowest BCUT2D eigenvalue weighted by molar-refractivity contribution is 0.145. The number of hydrogen-bond acceptors (Lipinski definition) is 1. The standard InChI is InChI=1S/C13H17F2N3.HI/c1-13(2)6-5-11(13)18-12(16)17-10-7-8(14)3-4-9(10)15;/h3-4,7,11H,5-6H2,1-2H3,(H3,16,17,18);1H. The molecule has 6 heteroatoms. The SMILES string of the molecule is CC1(C)CCC1N=C(N)Nc1cc(F)ccc1F.I. The van der Waals surface area contributed by atoms with Crippen molar-refractivity contribution in [3.05, 3.63) is 29.8 Å². The fourth-order valence-electron chi connectivity index (χ4n) is 2.02. The Balaban J connectivity index is 0.00000180. The lowest BCUT2D eigenvalue weighted by Gasteiger charge is -2.41. The summed E-state index contributed by atoms with van der Waals surface area (Å²) in [5.74, 6) is -0.949. The predicted octanol–water partition coefficient (Wildman–Crippen LogP) is 3.50. The summed E-state index contributed by atoms with van der Waals surface area (Å²) < 4.78 is 26.3. The fourth-order valence-corrected chi connectivity index (χ4v) is 2.02. The summed E-state index contributed by atoms with van der Waals surface area (Å²) in [4.78, 5) is 4.30. The second-order valence-electron chi connectivity index (χ2n) is 5.31. The fraction of sp³-hybridized carbons (Fsp3) is 0.462. The van der Waals surface area contributed by atoms with E-state index in [-0.39, 0.29) is 47.1 Å². The zero-order valence-electron chi connectivity index (χ0n) is 10.9. The molecule has 1 fully saturated rings. The van der Waals surface area contributed by atoms with E-state index in [0.717, 1.165) is 31.0 Å². The van der Waals surface area contributed by atoms with Crippen molar-refractivity contribution in [2.75, 3.05) is 5.32 Å². The van der Waals surface area contributed by atoms with Crippen LogP contribution in [-0.2, 0) is 0 Å². The maximum absolute atomic E-state index is 13.4. The Labute approximate surface area is 128 Å². The second-order valence-corrected chi connectivity index (χ2v) is 5.31. The second kappa shape index (κ2) is 6.02. The number of rotatable bonds is 2. The molecule has 0 aliphatic heterocycles. The number of hydrogen-bond donors (Lipinski definition) is 2. The van der Waals surface area contributed by atoms with Gasteiger partial charge in [0, 0.05) is 6.07 Å². The molecule has 1 unspecified atom stereocenters. The quantitative estimate of drug-likeness (QED) is 0.468. The molecule has 1 aliphatic rings. The van der Waals surface area contributed by atoms with Gasteiger partial charge in [-0.25, -0.2) is 13.8 Å². The van der Waals surface area contributed by atoms with Crippen LogP contribution >= 0.6 is 24.0 Å². The molecule has 0 aromatic heterocycles. The highest BCUT2D eigenvalue weighted by molar-refractivity contribution is 14.0. The molecule has 2 rings (SSSR count). The molecule has 1 aromatic carbocycles. The summed E-state index contributed by atoms with van der Waals surface area (Å²) in [6, 6.07) is 3.31. The zero-order valence-corrected chi connectivity index (χ0v) is 13.2. The smallest absolute Gasteiger partial charge is 0.193 e. The molecule has 0 heterocycles. The van der Waals surface area contributed by atoms with E-state index < -0.39 is 11.6 Å². The zero-order chi connectivity index (χ0) is 13.3. The van der Waals surface area contributed by atoms with Crippen molar-refractivity contribution in [3.8, 4) is 0 Å². The van der Waals surface area contributed by atoms with Gasteiger partial charge in [0.25, 0.3) is 0 Å². The normalized spacial score (nSPS) is 21.3. The highest BCUT2D eigenvalue weighted by Gasteiger charge is 2.38. The molecule has 3 nitrogen and oxygen atoms in total. The van der Waals surface area contributed by atoms with Crippen LogP contribution in [0.4, 0.5) is 14.5 Å². The molecule has 19 heavy (non-hydrogen) atoms. The van der Waals surface area contributed by atoms with Gasteiger partial charge < -0.3 is 11.1 Å². The number of nitrogens with two attached hydrogens (primary N) is 1. The first kappa shape index (κ1) is 16.1. The van der Waals surface area contributed by atoms with Gasteiger partial charge in [0.1, 0.15) is 11.6 Å². The van der Waals surface area contributed by atoms with E-state index in [2.05, 4.69) is 24.2 Å². The van der Waals surface area contributed by atoms with Crippen LogP contribution in [0.5, 0.6) is 0 Å². The maximum atomic E-state index is 13.4. The van der Waals surface area contributed by atoms with Crippen molar-refractivity contribution in [2.24, 2.45) is 16.1 Å². The van der Waals surface area contributed by atoms with E-state index in [1.165, 1.54) is 0 Å². The summed E-state index contributed by atoms with van der Waals surface area (Å²) in [6.07, 6.45) is 2.07. The minimum Gasteiger partial charge on any atom is -0.370 e. The molecule has 0 spiro atoms. The average molecular weight is 381 g/mol. The van der Waals surface area contributed by atoms with Crippen molar-refractivity contribution >= 4 is 35.6 Å². The largest absolute Gasteiger partial charge is 0.370 e. The Hall–Kier alpha value is -0.920. The van der Waals surface area contributed by atoms with Crippen LogP contribution in [-0.4, -0.2) is 12.0 Å². The summed E-state index contributed by atoms with van der Waals surface area (Å²) in [7, 11) is 0. The Morgan fingerprint density at radius 1 is 1.42 bits per heavy atom. The topological polar surface area (TPSA) is 50.4 Å². The highest BCUT2D eigenvalue weighted by atomic mass is 127. The van der Waals surface area contributed by atoms with Gasteiger partial charge in [0.05, 0.1) is 11.7 Å². The molecular formula is C13H18F2IN3. The van der Waals surface area contributed by atoms with E-state index in [0.29, 0.717) is 0 Å². The van der Waals surface area contributed by atoms with Gasteiger partial charge in [-0.15, -0.1) is 24.0 Å². The Kier molecular flexibility index (Phi) is 5.11. The van der Waals surface area contributed by atoms with Crippen molar-refractivity contribution in [2.45, 2.75) is 32.7 Å². The number of aliphatic imine (C=N–C) groups is 1. The van der Waals surface area contributed by atoms with Gasteiger partial charge in [0.2, 0.25) is 0 Å². The van der Waals surface area contributed by atoms with Gasteiger partial charge in [-0.1, -0.05) is 13.8 Å². The average Bonchev–Trinajstić information content (AvgIpc) is 2.30. The summed E-state index contributed by atoms with van der Waals surface area (Å²) >= 11 is 0. The monoisotopic (exact) mass is 381 g/mol. The third-order valence-corrected chi connectivity index (χ3v) is 3.45. The summed E-state index contributed by atoms with van der Waals surface area (Å²) in [5.41, 5.74) is 5.85. The predicted molar refractivity (Wildman–Crippen MR) is 83.8 cm³/mol. The van der Waals surface area contributed by atoms with Crippen molar-refractivity contribution in [1.82, 2.24) is 0 Å². The first-order valence-corrected chi connectivity index (χ1v) is 5.94. The van der Waals surface area contributed by atoms with Gasteiger partial charge in [0.15, 0.2) is 5.96 Å². The molecule has 1 atom stereocenters. The first-order valence-electron chi connectivity index (χ1n) is 5.94. The number of anilines is 1. The Morgan fingerprint density at radius 3 is 2.63 bits per heavy atom. The molecule has 0 bridgehead atoms. The van der Waals surface area contributed by atoms with Gasteiger partial charge in [-0.05, 0) is 30.4 Å². The number of halogens is 3. The molecule has 1 aliphatic carbocycles. The first-order chi connectivity index (χ1) is 8.38. The molecule has 0 amide bonds. The van der Waals surface area contributed by atoms with Crippen LogP contribution in [0.1, 0.15) is 26.7 Å². The molecule has 106 valence electrons. The summed E-state index contributed by atoms with van der Waals surface area (Å²) in [5, 5.41) is 2.60. The maximum Gasteiger partial charge on any atom is 0.193 e. The molecule has 0 radical (unpaired) electrons. The van der Waals surface area contributed by atoms with E-state index in [1.807, 2.05) is 0 Å². The van der Waals surface area contributed by atoms with Crippen LogP contribution in [0.3, 0.4) is 0 Å². The third kappa shape index (κ3) is 3.77. The molecule has 1 saturated carbocycles. The van der Waals surface area contributed by atoms with Crippen molar-refractivity contribution in [1.29, 1.82) is 0 Å². The van der Waals surface area contributed by atoms with Crippen LogP contribution in [0.2, 0.25) is 0 Å². The number of nitrogens with one attached hydrogen (secondary N) is 1. The van der Waals surface area contributed by atoms with Gasteiger partial charge in [-0.3, -0.25) is 0 Å². The lowest BCUT2D eigenvalue weighted by atomic mass is 9.68. The number of nitrogens with zero attached hydrogens (tertiary/aromatic N) is 1. The molecule has 1 aromatic rings. The van der Waals surface area contributed by atoms with Crippen molar-refractivity contribution in [3.63, 3.8) is 0 Å². The summed E-state index contributed by atoms with van der Waals surface area (Å²) in [6.45, 7) is 4.22. The molecular weight excluding hydrogens is 363 g/mol. The highest BCUT2D eigenvalue weighted by Crippen LogP contribution is 2.42. The Morgan fingerprint density at radius 2 is 2.11 bits per heavy atom. The lowest BCUT2D eigenvalue weighted by Crippen LogP contribution is -2.40. The minimum atomic E-state index is -0.553. The van der Waals surface area contributed by atoms with E-state index in [4.69, 9.17) is 5.73 Å². The molecule has 0 saturated heterocycles. The van der Waals surface area contributed by atoms with E-state index in [1.54, 1.807) is 0 Å². The van der Waals surface area contributed by atoms with E-state index in [9.17, 15) is 8.78 Å². The third-order valence-electron chi connectivity index (χ3n) is 3.45. The van der Waals surface area contributed by atoms with Crippen LogP contribution in [0, 0.1) is 17.0 Å². The number of guanidine groups is 1. The van der Waals surface area contributed by atoms with E-state index >= 15 is 0 Å². The van der Waals surface area contributed by atoms with Crippen LogP contribution in [0.25, 0.3) is 0 Å². The molecule has 3 N–H and O–H groups in total. The van der Waals surface area contributed by atoms with Crippen LogP contribution in [0.15, 0.2) is 23.2 Å². The Bertz CT molecular complexity index is 489. The minimum absolute atomic E-state index is 0. The van der Waals surface area contributed by atoms with Crippen LogP contribution < -0.4 is 11.1 Å². The number of benzene rings is 1. The van der Waals surface area contributed by atoms with Gasteiger partial charge >= 0.3 is 0 Å². The van der Waals surface area contributed by atoms with Crippen molar-refractivity contribution < 1.29 is 8.78 Å².